The largest absolute Gasteiger partial charge is 0.394 e. The van der Waals surface area contributed by atoms with Crippen LogP contribution in [0.5, 0.6) is 0 Å². The first-order valence-electron chi connectivity index (χ1n) is 13.4. The third-order valence-corrected chi connectivity index (χ3v) is 8.66. The maximum Gasteiger partial charge on any atom is 0.250 e. The van der Waals surface area contributed by atoms with Gasteiger partial charge >= 0.3 is 0 Å². The van der Waals surface area contributed by atoms with Crippen LogP contribution in [0.1, 0.15) is 64.5 Å². The number of aliphatic hydroxyl groups is 1. The highest BCUT2D eigenvalue weighted by Crippen LogP contribution is 2.64. The first-order valence-corrected chi connectivity index (χ1v) is 13.4. The Morgan fingerprint density at radius 2 is 1.92 bits per heavy atom. The molecule has 0 radical (unpaired) electrons. The Morgan fingerprint density at radius 1 is 1.19 bits per heavy atom. The SMILES string of the molecule is CCCNC(=O)[C@H]1[C@H]2C(=O)N([C@@H](CO)C(C)C)C(C(=O)Nc3cc(C)ccc3C)C23CC[C@]1(CC)O3. The highest BCUT2D eigenvalue weighted by Gasteiger charge is 2.79. The van der Waals surface area contributed by atoms with E-state index in [4.69, 9.17) is 4.74 Å². The molecule has 3 saturated heterocycles. The number of aliphatic hydroxyl groups excluding tert-OH is 1. The average Bonchev–Trinajstić information content (AvgIpc) is 3.44. The van der Waals surface area contributed by atoms with Gasteiger partial charge in [0, 0.05) is 12.2 Å². The third kappa shape index (κ3) is 3.93. The molecule has 3 aliphatic rings. The predicted molar refractivity (Wildman–Crippen MR) is 137 cm³/mol. The van der Waals surface area contributed by atoms with Gasteiger partial charge in [-0.2, -0.15) is 0 Å². The molecule has 0 aromatic heterocycles. The lowest BCUT2D eigenvalue weighted by Gasteiger charge is -2.38. The third-order valence-electron chi connectivity index (χ3n) is 8.66. The van der Waals surface area contributed by atoms with Gasteiger partial charge in [0.1, 0.15) is 11.6 Å². The van der Waals surface area contributed by atoms with E-state index in [2.05, 4.69) is 10.6 Å². The number of carbonyl (C=O) groups is 3. The van der Waals surface area contributed by atoms with E-state index in [9.17, 15) is 19.5 Å². The number of aryl methyl sites for hydroxylation is 2. The first-order chi connectivity index (χ1) is 17.1. The lowest BCUT2D eigenvalue weighted by molar-refractivity contribution is -0.150. The van der Waals surface area contributed by atoms with Crippen LogP contribution in [-0.4, -0.2) is 64.2 Å². The number of benzene rings is 1. The van der Waals surface area contributed by atoms with E-state index in [1.165, 1.54) is 0 Å². The second-order valence-electron chi connectivity index (χ2n) is 11.2. The minimum atomic E-state index is -1.11. The van der Waals surface area contributed by atoms with Gasteiger partial charge < -0.3 is 25.4 Å². The molecule has 8 heteroatoms. The van der Waals surface area contributed by atoms with E-state index in [0.29, 0.717) is 31.5 Å². The fraction of sp³-hybridized carbons (Fsp3) is 0.679. The summed E-state index contributed by atoms with van der Waals surface area (Å²) in [5.74, 6) is -2.29. The number of rotatable bonds is 9. The van der Waals surface area contributed by atoms with Gasteiger partial charge in [0.15, 0.2) is 0 Å². The zero-order chi connectivity index (χ0) is 26.4. The van der Waals surface area contributed by atoms with Crippen molar-refractivity contribution in [2.45, 2.75) is 90.5 Å². The minimum Gasteiger partial charge on any atom is -0.394 e. The lowest BCUT2D eigenvalue weighted by atomic mass is 9.65. The van der Waals surface area contributed by atoms with Crippen molar-refractivity contribution in [3.05, 3.63) is 29.3 Å². The van der Waals surface area contributed by atoms with Gasteiger partial charge in [0.25, 0.3) is 0 Å². The van der Waals surface area contributed by atoms with Crippen LogP contribution in [0.2, 0.25) is 0 Å². The molecule has 4 rings (SSSR count). The smallest absolute Gasteiger partial charge is 0.250 e. The van der Waals surface area contributed by atoms with E-state index in [0.717, 1.165) is 17.5 Å². The van der Waals surface area contributed by atoms with Crippen molar-refractivity contribution in [3.8, 4) is 0 Å². The fourth-order valence-electron chi connectivity index (χ4n) is 6.76. The Balaban J connectivity index is 1.81. The molecule has 0 aliphatic carbocycles. The van der Waals surface area contributed by atoms with Crippen LogP contribution in [-0.2, 0) is 19.1 Å². The van der Waals surface area contributed by atoms with Crippen LogP contribution in [0.3, 0.4) is 0 Å². The van der Waals surface area contributed by atoms with Crippen molar-refractivity contribution < 1.29 is 24.2 Å². The molecule has 1 aromatic rings. The summed E-state index contributed by atoms with van der Waals surface area (Å²) in [6, 6.07) is 4.35. The summed E-state index contributed by atoms with van der Waals surface area (Å²) in [6.45, 7) is 12.0. The molecular formula is C28H41N3O5. The van der Waals surface area contributed by atoms with E-state index in [1.54, 1.807) is 4.90 Å². The maximum absolute atomic E-state index is 14.2. The van der Waals surface area contributed by atoms with Crippen molar-refractivity contribution in [2.75, 3.05) is 18.5 Å². The molecule has 1 aromatic carbocycles. The van der Waals surface area contributed by atoms with Crippen molar-refractivity contribution in [3.63, 3.8) is 0 Å². The number of anilines is 1. The van der Waals surface area contributed by atoms with Gasteiger partial charge in [-0.1, -0.05) is 39.8 Å². The number of hydrogen-bond donors (Lipinski definition) is 3. The Kier molecular flexibility index (Phi) is 7.23. The summed E-state index contributed by atoms with van der Waals surface area (Å²) in [5, 5.41) is 16.4. The van der Waals surface area contributed by atoms with Gasteiger partial charge in [-0.25, -0.2) is 0 Å². The number of nitrogens with zero attached hydrogens (tertiary/aromatic N) is 1. The summed E-state index contributed by atoms with van der Waals surface area (Å²) in [6.07, 6.45) is 2.51. The Bertz CT molecular complexity index is 1040. The number of carbonyl (C=O) groups excluding carboxylic acids is 3. The molecule has 3 heterocycles. The quantitative estimate of drug-likeness (QED) is 0.484. The Morgan fingerprint density at radius 3 is 2.53 bits per heavy atom. The molecule has 198 valence electrons. The zero-order valence-electron chi connectivity index (χ0n) is 22.4. The minimum absolute atomic E-state index is 0.0881. The van der Waals surface area contributed by atoms with Gasteiger partial charge in [-0.05, 0) is 62.6 Å². The molecule has 3 N–H and O–H groups in total. The highest BCUT2D eigenvalue weighted by atomic mass is 16.5. The fourth-order valence-corrected chi connectivity index (χ4v) is 6.76. The van der Waals surface area contributed by atoms with Gasteiger partial charge in [-0.15, -0.1) is 0 Å². The molecule has 0 saturated carbocycles. The van der Waals surface area contributed by atoms with Crippen molar-refractivity contribution in [1.29, 1.82) is 0 Å². The Labute approximate surface area is 214 Å². The van der Waals surface area contributed by atoms with Crippen molar-refractivity contribution >= 4 is 23.4 Å². The van der Waals surface area contributed by atoms with Crippen molar-refractivity contribution in [2.24, 2.45) is 17.8 Å². The van der Waals surface area contributed by atoms with Gasteiger partial charge in [0.2, 0.25) is 17.7 Å². The van der Waals surface area contributed by atoms with Crippen LogP contribution >= 0.6 is 0 Å². The summed E-state index contributed by atoms with van der Waals surface area (Å²) in [5.41, 5.74) is 0.740. The van der Waals surface area contributed by atoms with Crippen LogP contribution in [0.15, 0.2) is 18.2 Å². The van der Waals surface area contributed by atoms with Crippen molar-refractivity contribution in [1.82, 2.24) is 10.2 Å². The number of hydrogen-bond acceptors (Lipinski definition) is 5. The van der Waals surface area contributed by atoms with Gasteiger partial charge in [-0.3, -0.25) is 14.4 Å². The molecule has 6 atom stereocenters. The van der Waals surface area contributed by atoms with Crippen LogP contribution in [0.25, 0.3) is 0 Å². The Hall–Kier alpha value is -2.45. The molecule has 36 heavy (non-hydrogen) atoms. The van der Waals surface area contributed by atoms with E-state index in [-0.39, 0.29) is 30.2 Å². The monoisotopic (exact) mass is 499 g/mol. The normalized spacial score (nSPS) is 31.6. The number of nitrogens with one attached hydrogen (secondary N) is 2. The molecule has 2 unspecified atom stereocenters. The van der Waals surface area contributed by atoms with E-state index < -0.39 is 35.1 Å². The number of fused-ring (bicyclic) bond motifs is 1. The maximum atomic E-state index is 14.2. The number of ether oxygens (including phenoxy) is 1. The summed E-state index contributed by atoms with van der Waals surface area (Å²) in [7, 11) is 0. The topological polar surface area (TPSA) is 108 Å². The summed E-state index contributed by atoms with van der Waals surface area (Å²) < 4.78 is 6.77. The molecular weight excluding hydrogens is 458 g/mol. The number of amides is 3. The van der Waals surface area contributed by atoms with Crippen LogP contribution < -0.4 is 10.6 Å². The van der Waals surface area contributed by atoms with Crippen LogP contribution in [0.4, 0.5) is 5.69 Å². The predicted octanol–water partition coefficient (Wildman–Crippen LogP) is 2.94. The molecule has 8 nitrogen and oxygen atoms in total. The lowest BCUT2D eigenvalue weighted by Crippen LogP contribution is -2.57. The summed E-state index contributed by atoms with van der Waals surface area (Å²) >= 11 is 0. The van der Waals surface area contributed by atoms with Gasteiger partial charge in [0.05, 0.1) is 30.1 Å². The first kappa shape index (κ1) is 26.6. The molecule has 3 aliphatic heterocycles. The van der Waals surface area contributed by atoms with Crippen LogP contribution in [0, 0.1) is 31.6 Å². The standard InChI is InChI=1S/C28H41N3O5/c1-7-13-29-24(33)21-22-26(35)31(20(15-32)16(3)4)23(28(22)12-11-27(21,8-2)36-28)25(34)30-19-14-17(5)9-10-18(19)6/h9-10,14,16,20-23,32H,7-8,11-13,15H2,1-6H3,(H,29,33)(H,30,34)/t20-,21+,22-,23?,27-,28?/m0/s1. The van der Waals surface area contributed by atoms with E-state index in [1.807, 2.05) is 59.7 Å². The molecule has 3 fully saturated rings. The number of likely N-dealkylation sites (tertiary alicyclic amines) is 1. The molecule has 1 spiro atoms. The van der Waals surface area contributed by atoms with E-state index >= 15 is 0 Å². The second kappa shape index (κ2) is 9.78. The highest BCUT2D eigenvalue weighted by molar-refractivity contribution is 6.04. The zero-order valence-corrected chi connectivity index (χ0v) is 22.4. The molecule has 2 bridgehead atoms. The average molecular weight is 500 g/mol. The summed E-state index contributed by atoms with van der Waals surface area (Å²) in [4.78, 5) is 43.3. The second-order valence-corrected chi connectivity index (χ2v) is 11.2. The molecule has 3 amide bonds.